The van der Waals surface area contributed by atoms with E-state index in [-0.39, 0.29) is 30.2 Å². The van der Waals surface area contributed by atoms with Crippen LogP contribution >= 0.6 is 22.6 Å². The van der Waals surface area contributed by atoms with Gasteiger partial charge in [-0.3, -0.25) is 4.79 Å². The summed E-state index contributed by atoms with van der Waals surface area (Å²) in [4.78, 5) is 11.2. The molecule has 5 heteroatoms. The molecule has 4 atom stereocenters. The second-order valence-corrected chi connectivity index (χ2v) is 6.27. The second kappa shape index (κ2) is 7.05. The molecule has 1 aliphatic rings. The van der Waals surface area contributed by atoms with Crippen LogP contribution in [0.2, 0.25) is 0 Å². The number of ether oxygens (including phenoxy) is 3. The van der Waals surface area contributed by atoms with Crippen molar-refractivity contribution in [1.29, 1.82) is 0 Å². The van der Waals surface area contributed by atoms with E-state index in [0.717, 1.165) is 4.43 Å². The summed E-state index contributed by atoms with van der Waals surface area (Å²) in [7, 11) is 0. The van der Waals surface area contributed by atoms with E-state index in [1.165, 1.54) is 6.92 Å². The Balaban J connectivity index is 2.86. The van der Waals surface area contributed by atoms with Crippen molar-refractivity contribution in [1.82, 2.24) is 0 Å². The number of halogens is 1. The molecule has 0 aromatic carbocycles. The molecule has 0 radical (unpaired) electrons. The monoisotopic (exact) mass is 370 g/mol. The Bertz CT molecular complexity index is 280. The summed E-state index contributed by atoms with van der Waals surface area (Å²) in [6, 6.07) is 0. The highest BCUT2D eigenvalue weighted by Gasteiger charge is 2.42. The molecule has 0 unspecified atom stereocenters. The molecule has 0 spiro atoms. The molecule has 0 saturated carbocycles. The van der Waals surface area contributed by atoms with Crippen molar-refractivity contribution in [3.8, 4) is 0 Å². The Morgan fingerprint density at radius 2 is 1.83 bits per heavy atom. The van der Waals surface area contributed by atoms with Crippen molar-refractivity contribution >= 4 is 28.6 Å². The SMILES string of the molecule is CC(=O)O[C@@H]1O[C@@H](C(C)C)O[C@@H](C(C)C)[C@H]1CI. The van der Waals surface area contributed by atoms with Gasteiger partial charge in [-0.1, -0.05) is 50.3 Å². The molecule has 1 rings (SSSR count). The molecule has 1 saturated heterocycles. The molecule has 0 N–H and O–H groups in total. The molecule has 4 nitrogen and oxygen atoms in total. The third kappa shape index (κ3) is 4.06. The summed E-state index contributed by atoms with van der Waals surface area (Å²) in [6.07, 6.45) is -0.735. The Labute approximate surface area is 123 Å². The first kappa shape index (κ1) is 16.2. The zero-order valence-corrected chi connectivity index (χ0v) is 13.8. The largest absolute Gasteiger partial charge is 0.435 e. The minimum atomic E-state index is -0.493. The lowest BCUT2D eigenvalue weighted by molar-refractivity contribution is -0.336. The van der Waals surface area contributed by atoms with Crippen LogP contribution < -0.4 is 0 Å². The van der Waals surface area contributed by atoms with Crippen LogP contribution in [0.5, 0.6) is 0 Å². The average Bonchev–Trinajstić information content (AvgIpc) is 2.26. The Kier molecular flexibility index (Phi) is 6.34. The van der Waals surface area contributed by atoms with Crippen molar-refractivity contribution in [2.75, 3.05) is 4.43 Å². The molecule has 18 heavy (non-hydrogen) atoms. The smallest absolute Gasteiger partial charge is 0.304 e. The Hall–Kier alpha value is 0.120. The van der Waals surface area contributed by atoms with Gasteiger partial charge in [0.25, 0.3) is 0 Å². The molecule has 0 aromatic heterocycles. The Morgan fingerprint density at radius 3 is 2.22 bits per heavy atom. The van der Waals surface area contributed by atoms with E-state index in [2.05, 4.69) is 36.4 Å². The Morgan fingerprint density at radius 1 is 1.22 bits per heavy atom. The number of alkyl halides is 1. The number of esters is 1. The van der Waals surface area contributed by atoms with Gasteiger partial charge < -0.3 is 14.2 Å². The summed E-state index contributed by atoms with van der Waals surface area (Å²) < 4.78 is 17.9. The third-order valence-electron chi connectivity index (χ3n) is 2.99. The van der Waals surface area contributed by atoms with Gasteiger partial charge >= 0.3 is 5.97 Å². The molecule has 0 bridgehead atoms. The van der Waals surface area contributed by atoms with E-state index in [9.17, 15) is 4.79 Å². The summed E-state index contributed by atoms with van der Waals surface area (Å²) in [6.45, 7) is 9.74. The van der Waals surface area contributed by atoms with Crippen LogP contribution in [0.15, 0.2) is 0 Å². The predicted molar refractivity (Wildman–Crippen MR) is 77.4 cm³/mol. The van der Waals surface area contributed by atoms with Crippen molar-refractivity contribution < 1.29 is 19.0 Å². The van der Waals surface area contributed by atoms with Crippen molar-refractivity contribution in [3.63, 3.8) is 0 Å². The van der Waals surface area contributed by atoms with Crippen LogP contribution in [-0.4, -0.2) is 29.1 Å². The van der Waals surface area contributed by atoms with Gasteiger partial charge in [-0.05, 0) is 5.92 Å². The van der Waals surface area contributed by atoms with E-state index in [0.29, 0.717) is 5.92 Å². The van der Waals surface area contributed by atoms with Gasteiger partial charge in [-0.25, -0.2) is 0 Å². The number of hydrogen-bond donors (Lipinski definition) is 0. The second-order valence-electron chi connectivity index (χ2n) is 5.39. The van der Waals surface area contributed by atoms with Gasteiger partial charge in [0.05, 0.1) is 12.0 Å². The van der Waals surface area contributed by atoms with Gasteiger partial charge in [0.15, 0.2) is 6.29 Å². The highest BCUT2D eigenvalue weighted by molar-refractivity contribution is 14.1. The van der Waals surface area contributed by atoms with Crippen LogP contribution in [-0.2, 0) is 19.0 Å². The van der Waals surface area contributed by atoms with Crippen molar-refractivity contribution in [2.45, 2.75) is 53.3 Å². The lowest BCUT2D eigenvalue weighted by Crippen LogP contribution is -2.52. The summed E-state index contributed by atoms with van der Waals surface area (Å²) >= 11 is 2.29. The standard InChI is InChI=1S/C13H23IO4/c1-7(2)11-10(6-14)13(16-9(5)15)18-12(17-11)8(3)4/h7-8,10-13H,6H2,1-5H3/t10-,11+,12+,13-/m1/s1. The summed E-state index contributed by atoms with van der Waals surface area (Å²) in [5.74, 6) is 0.388. The molecule has 0 aliphatic carbocycles. The fraction of sp³-hybridized carbons (Fsp3) is 0.923. The zero-order chi connectivity index (χ0) is 13.9. The van der Waals surface area contributed by atoms with Gasteiger partial charge in [0.2, 0.25) is 6.29 Å². The fourth-order valence-electron chi connectivity index (χ4n) is 2.08. The lowest BCUT2D eigenvalue weighted by Gasteiger charge is -2.43. The third-order valence-corrected chi connectivity index (χ3v) is 4.01. The van der Waals surface area contributed by atoms with E-state index in [1.54, 1.807) is 0 Å². The number of carbonyl (C=O) groups is 1. The number of rotatable bonds is 4. The molecular formula is C13H23IO4. The first-order chi connectivity index (χ1) is 8.36. The van der Waals surface area contributed by atoms with E-state index >= 15 is 0 Å². The molecular weight excluding hydrogens is 347 g/mol. The van der Waals surface area contributed by atoms with Crippen molar-refractivity contribution in [3.05, 3.63) is 0 Å². The number of carbonyl (C=O) groups excluding carboxylic acids is 1. The normalized spacial score (nSPS) is 32.9. The van der Waals surface area contributed by atoms with Gasteiger partial charge in [0.1, 0.15) is 0 Å². The topological polar surface area (TPSA) is 44.8 Å². The maximum absolute atomic E-state index is 11.2. The van der Waals surface area contributed by atoms with E-state index < -0.39 is 6.29 Å². The van der Waals surface area contributed by atoms with Gasteiger partial charge in [-0.2, -0.15) is 0 Å². The van der Waals surface area contributed by atoms with Gasteiger partial charge in [-0.15, -0.1) is 0 Å². The predicted octanol–water partition coefficient (Wildman–Crippen LogP) is 2.98. The minimum absolute atomic E-state index is 0.0624. The lowest BCUT2D eigenvalue weighted by atomic mass is 9.92. The average molecular weight is 370 g/mol. The van der Waals surface area contributed by atoms with E-state index in [4.69, 9.17) is 14.2 Å². The molecule has 106 valence electrons. The summed E-state index contributed by atoms with van der Waals surface area (Å²) in [5, 5.41) is 0. The first-order valence-corrected chi connectivity index (χ1v) is 7.93. The molecule has 1 aliphatic heterocycles. The van der Waals surface area contributed by atoms with Crippen LogP contribution in [0.1, 0.15) is 34.6 Å². The van der Waals surface area contributed by atoms with Gasteiger partial charge in [0, 0.05) is 17.3 Å². The maximum Gasteiger partial charge on any atom is 0.304 e. The minimum Gasteiger partial charge on any atom is -0.435 e. The van der Waals surface area contributed by atoms with Crippen LogP contribution in [0.4, 0.5) is 0 Å². The fourth-order valence-corrected chi connectivity index (χ4v) is 3.00. The number of hydrogen-bond acceptors (Lipinski definition) is 4. The quantitative estimate of drug-likeness (QED) is 0.434. The van der Waals surface area contributed by atoms with E-state index in [1.807, 2.05) is 13.8 Å². The van der Waals surface area contributed by atoms with Crippen LogP contribution in [0.3, 0.4) is 0 Å². The van der Waals surface area contributed by atoms with Crippen LogP contribution in [0, 0.1) is 17.8 Å². The molecule has 1 heterocycles. The van der Waals surface area contributed by atoms with Crippen LogP contribution in [0.25, 0.3) is 0 Å². The van der Waals surface area contributed by atoms with Crippen molar-refractivity contribution in [2.24, 2.45) is 17.8 Å². The zero-order valence-electron chi connectivity index (χ0n) is 11.7. The highest BCUT2D eigenvalue weighted by Crippen LogP contribution is 2.33. The first-order valence-electron chi connectivity index (χ1n) is 6.41. The molecule has 0 amide bonds. The highest BCUT2D eigenvalue weighted by atomic mass is 127. The maximum atomic E-state index is 11.2. The molecule has 0 aromatic rings. The summed E-state index contributed by atoms with van der Waals surface area (Å²) in [5.41, 5.74) is 0. The molecule has 1 fully saturated rings.